The lowest BCUT2D eigenvalue weighted by Gasteiger charge is -2.08. The number of benzene rings is 1. The minimum Gasteiger partial charge on any atom is -0.320 e. The normalized spacial score (nSPS) is 12.1. The van der Waals surface area contributed by atoms with Crippen LogP contribution in [0.4, 0.5) is 0 Å². The van der Waals surface area contributed by atoms with Crippen LogP contribution in [-0.2, 0) is 11.2 Å². The highest BCUT2D eigenvalue weighted by atomic mass is 16.2. The van der Waals surface area contributed by atoms with Gasteiger partial charge in [0.1, 0.15) is 0 Å². The molecule has 0 heterocycles. The van der Waals surface area contributed by atoms with E-state index < -0.39 is 6.04 Å². The van der Waals surface area contributed by atoms with Gasteiger partial charge in [-0.1, -0.05) is 30.3 Å². The second-order valence-corrected chi connectivity index (χ2v) is 3.14. The van der Waals surface area contributed by atoms with Gasteiger partial charge < -0.3 is 5.73 Å². The van der Waals surface area contributed by atoms with Crippen LogP contribution in [0.2, 0.25) is 0 Å². The Bertz CT molecular complexity index is 287. The molecule has 1 rings (SSSR count). The molecule has 0 saturated heterocycles. The van der Waals surface area contributed by atoms with Crippen molar-refractivity contribution in [1.29, 1.82) is 0 Å². The quantitative estimate of drug-likeness (QED) is 0.356. The third-order valence-corrected chi connectivity index (χ3v) is 2.07. The number of hydrogen-bond acceptors (Lipinski definition) is 3. The van der Waals surface area contributed by atoms with Crippen LogP contribution in [0.15, 0.2) is 30.3 Å². The summed E-state index contributed by atoms with van der Waals surface area (Å²) >= 11 is 0. The Hall–Kier alpha value is -1.39. The number of rotatable bonds is 4. The van der Waals surface area contributed by atoms with Crippen LogP contribution < -0.4 is 17.0 Å². The van der Waals surface area contributed by atoms with Crippen LogP contribution in [0.1, 0.15) is 12.0 Å². The van der Waals surface area contributed by atoms with E-state index in [1.807, 2.05) is 35.8 Å². The van der Waals surface area contributed by atoms with Gasteiger partial charge in [0.15, 0.2) is 0 Å². The molecular weight excluding hydrogens is 178 g/mol. The lowest BCUT2D eigenvalue weighted by molar-refractivity contribution is -0.122. The summed E-state index contributed by atoms with van der Waals surface area (Å²) in [4.78, 5) is 11.0. The first-order valence-corrected chi connectivity index (χ1v) is 4.54. The molecule has 4 nitrogen and oxygen atoms in total. The van der Waals surface area contributed by atoms with Crippen LogP contribution in [0.25, 0.3) is 0 Å². The zero-order valence-corrected chi connectivity index (χ0v) is 7.94. The van der Waals surface area contributed by atoms with Crippen molar-refractivity contribution in [2.45, 2.75) is 18.9 Å². The monoisotopic (exact) mass is 193 g/mol. The van der Waals surface area contributed by atoms with Gasteiger partial charge in [-0.25, -0.2) is 5.84 Å². The molecule has 76 valence electrons. The maximum Gasteiger partial charge on any atom is 0.250 e. The molecule has 0 aliphatic heterocycles. The summed E-state index contributed by atoms with van der Waals surface area (Å²) in [5.74, 6) is 4.64. The van der Waals surface area contributed by atoms with Gasteiger partial charge in [-0.05, 0) is 18.4 Å². The molecule has 1 unspecified atom stereocenters. The van der Waals surface area contributed by atoms with E-state index in [4.69, 9.17) is 11.6 Å². The van der Waals surface area contributed by atoms with Crippen molar-refractivity contribution in [3.8, 4) is 0 Å². The zero-order valence-electron chi connectivity index (χ0n) is 7.94. The molecule has 0 fully saturated rings. The van der Waals surface area contributed by atoms with E-state index in [-0.39, 0.29) is 5.91 Å². The van der Waals surface area contributed by atoms with Crippen molar-refractivity contribution in [3.05, 3.63) is 35.9 Å². The highest BCUT2D eigenvalue weighted by Gasteiger charge is 2.10. The Labute approximate surface area is 83.3 Å². The maximum atomic E-state index is 11.0. The molecule has 1 amide bonds. The Morgan fingerprint density at radius 2 is 2.00 bits per heavy atom. The van der Waals surface area contributed by atoms with Crippen molar-refractivity contribution in [2.24, 2.45) is 11.6 Å². The molecule has 5 N–H and O–H groups in total. The molecule has 0 radical (unpaired) electrons. The first-order chi connectivity index (χ1) is 6.74. The van der Waals surface area contributed by atoms with Crippen molar-refractivity contribution >= 4 is 5.91 Å². The molecule has 0 aliphatic rings. The standard InChI is InChI=1S/C10H15N3O/c11-9(10(14)13-12)7-6-8-4-2-1-3-5-8/h1-5,9H,6-7,11-12H2,(H,13,14). The summed E-state index contributed by atoms with van der Waals surface area (Å²) in [7, 11) is 0. The van der Waals surface area contributed by atoms with Crippen LogP contribution in [0, 0.1) is 0 Å². The van der Waals surface area contributed by atoms with E-state index in [0.29, 0.717) is 6.42 Å². The van der Waals surface area contributed by atoms with Crippen LogP contribution in [0.3, 0.4) is 0 Å². The predicted octanol–water partition coefficient (Wildman–Crippen LogP) is -0.0636. The maximum absolute atomic E-state index is 11.0. The summed E-state index contributed by atoms with van der Waals surface area (Å²) in [6.45, 7) is 0. The molecule has 0 spiro atoms. The third-order valence-electron chi connectivity index (χ3n) is 2.07. The molecule has 4 heteroatoms. The van der Waals surface area contributed by atoms with E-state index in [9.17, 15) is 4.79 Å². The number of amides is 1. The van der Waals surface area contributed by atoms with E-state index in [1.165, 1.54) is 5.56 Å². The summed E-state index contributed by atoms with van der Waals surface area (Å²) < 4.78 is 0. The number of hydrogen-bond donors (Lipinski definition) is 3. The minimum atomic E-state index is -0.528. The largest absolute Gasteiger partial charge is 0.320 e. The first-order valence-electron chi connectivity index (χ1n) is 4.54. The number of nitrogens with two attached hydrogens (primary N) is 2. The zero-order chi connectivity index (χ0) is 10.4. The van der Waals surface area contributed by atoms with Gasteiger partial charge >= 0.3 is 0 Å². The van der Waals surface area contributed by atoms with Gasteiger partial charge in [0.2, 0.25) is 0 Å². The van der Waals surface area contributed by atoms with Crippen molar-refractivity contribution in [3.63, 3.8) is 0 Å². The second-order valence-electron chi connectivity index (χ2n) is 3.14. The lowest BCUT2D eigenvalue weighted by Crippen LogP contribution is -2.44. The second kappa shape index (κ2) is 5.36. The Balaban J connectivity index is 2.38. The average molecular weight is 193 g/mol. The van der Waals surface area contributed by atoms with Crippen LogP contribution >= 0.6 is 0 Å². The van der Waals surface area contributed by atoms with E-state index in [2.05, 4.69) is 0 Å². The molecule has 1 aromatic rings. The number of carbonyl (C=O) groups is 1. The Morgan fingerprint density at radius 1 is 1.36 bits per heavy atom. The molecule has 0 aromatic heterocycles. The molecule has 1 atom stereocenters. The Morgan fingerprint density at radius 3 is 2.57 bits per heavy atom. The third kappa shape index (κ3) is 3.16. The van der Waals surface area contributed by atoms with Gasteiger partial charge in [-0.15, -0.1) is 0 Å². The molecular formula is C10H15N3O. The molecule has 0 aliphatic carbocycles. The fourth-order valence-corrected chi connectivity index (χ4v) is 1.20. The van der Waals surface area contributed by atoms with Gasteiger partial charge in [0, 0.05) is 0 Å². The van der Waals surface area contributed by atoms with Gasteiger partial charge in [0.05, 0.1) is 6.04 Å². The number of aryl methyl sites for hydroxylation is 1. The number of hydrazine groups is 1. The number of carbonyl (C=O) groups excluding carboxylic acids is 1. The fraction of sp³-hybridized carbons (Fsp3) is 0.300. The van der Waals surface area contributed by atoms with E-state index in [0.717, 1.165) is 6.42 Å². The average Bonchev–Trinajstić information content (AvgIpc) is 2.26. The van der Waals surface area contributed by atoms with Crippen LogP contribution in [0.5, 0.6) is 0 Å². The first kappa shape index (κ1) is 10.7. The van der Waals surface area contributed by atoms with Crippen molar-refractivity contribution < 1.29 is 4.79 Å². The summed E-state index contributed by atoms with van der Waals surface area (Å²) in [5, 5.41) is 0. The molecule has 0 bridgehead atoms. The smallest absolute Gasteiger partial charge is 0.250 e. The molecule has 0 saturated carbocycles. The van der Waals surface area contributed by atoms with Crippen molar-refractivity contribution in [2.75, 3.05) is 0 Å². The molecule has 1 aromatic carbocycles. The number of nitrogens with one attached hydrogen (secondary N) is 1. The van der Waals surface area contributed by atoms with E-state index >= 15 is 0 Å². The lowest BCUT2D eigenvalue weighted by atomic mass is 10.1. The fourth-order valence-electron chi connectivity index (χ4n) is 1.20. The highest BCUT2D eigenvalue weighted by Crippen LogP contribution is 2.03. The van der Waals surface area contributed by atoms with Crippen LogP contribution in [-0.4, -0.2) is 11.9 Å². The van der Waals surface area contributed by atoms with Crippen molar-refractivity contribution in [1.82, 2.24) is 5.43 Å². The Kier molecular flexibility index (Phi) is 4.10. The van der Waals surface area contributed by atoms with Gasteiger partial charge in [-0.3, -0.25) is 10.2 Å². The topological polar surface area (TPSA) is 81.1 Å². The van der Waals surface area contributed by atoms with E-state index in [1.54, 1.807) is 0 Å². The summed E-state index contributed by atoms with van der Waals surface area (Å²) in [6, 6.07) is 9.37. The minimum absolute atomic E-state index is 0.319. The molecule has 14 heavy (non-hydrogen) atoms. The summed E-state index contributed by atoms with van der Waals surface area (Å²) in [5.41, 5.74) is 8.79. The predicted molar refractivity (Wildman–Crippen MR) is 55.1 cm³/mol. The SMILES string of the molecule is NNC(=O)C(N)CCc1ccccc1. The summed E-state index contributed by atoms with van der Waals surface area (Å²) in [6.07, 6.45) is 1.39. The van der Waals surface area contributed by atoms with Gasteiger partial charge in [-0.2, -0.15) is 0 Å². The van der Waals surface area contributed by atoms with Gasteiger partial charge in [0.25, 0.3) is 5.91 Å². The highest BCUT2D eigenvalue weighted by molar-refractivity contribution is 5.80.